The molecule has 0 bridgehead atoms. The van der Waals surface area contributed by atoms with Crippen LogP contribution < -0.4 is 10.1 Å². The molecule has 2 rings (SSSR count). The first-order valence-corrected chi connectivity index (χ1v) is 5.72. The van der Waals surface area contributed by atoms with E-state index in [1.165, 1.54) is 7.11 Å². The van der Waals surface area contributed by atoms with Crippen molar-refractivity contribution in [2.75, 3.05) is 12.4 Å². The number of aromatic hydroxyl groups is 1. The molecule has 0 radical (unpaired) electrons. The van der Waals surface area contributed by atoms with Crippen LogP contribution >= 0.6 is 0 Å². The quantitative estimate of drug-likeness (QED) is 0.868. The van der Waals surface area contributed by atoms with Crippen LogP contribution in [0.3, 0.4) is 0 Å². The van der Waals surface area contributed by atoms with Crippen molar-refractivity contribution in [2.45, 2.75) is 13.5 Å². The van der Waals surface area contributed by atoms with Crippen molar-refractivity contribution < 1.29 is 9.84 Å². The zero-order valence-corrected chi connectivity index (χ0v) is 10.5. The second kappa shape index (κ2) is 5.40. The minimum absolute atomic E-state index is 0.168. The first kappa shape index (κ1) is 12.2. The minimum Gasteiger partial charge on any atom is -0.504 e. The number of methoxy groups -OCH3 is 1. The van der Waals surface area contributed by atoms with E-state index in [2.05, 4.69) is 10.3 Å². The zero-order valence-electron chi connectivity index (χ0n) is 10.5. The maximum Gasteiger partial charge on any atom is 0.162 e. The molecular formula is C14H16N2O2. The first-order valence-electron chi connectivity index (χ1n) is 5.72. The summed E-state index contributed by atoms with van der Waals surface area (Å²) in [5.74, 6) is 1.47. The summed E-state index contributed by atoms with van der Waals surface area (Å²) in [7, 11) is 1.54. The van der Waals surface area contributed by atoms with Gasteiger partial charge in [-0.05, 0) is 24.6 Å². The molecule has 1 heterocycles. The van der Waals surface area contributed by atoms with Crippen molar-refractivity contribution in [3.8, 4) is 11.5 Å². The molecule has 0 amide bonds. The lowest BCUT2D eigenvalue weighted by Gasteiger charge is -2.11. The van der Waals surface area contributed by atoms with E-state index in [4.69, 9.17) is 4.74 Å². The summed E-state index contributed by atoms with van der Waals surface area (Å²) >= 11 is 0. The monoisotopic (exact) mass is 244 g/mol. The Hall–Kier alpha value is -2.23. The predicted molar refractivity (Wildman–Crippen MR) is 71.0 cm³/mol. The van der Waals surface area contributed by atoms with Gasteiger partial charge in [0.1, 0.15) is 5.82 Å². The van der Waals surface area contributed by atoms with Crippen LogP contribution in [0.4, 0.5) is 5.82 Å². The van der Waals surface area contributed by atoms with E-state index in [0.29, 0.717) is 12.3 Å². The predicted octanol–water partition coefficient (Wildman–Crippen LogP) is 2.72. The van der Waals surface area contributed by atoms with Gasteiger partial charge in [0, 0.05) is 18.3 Å². The molecule has 0 fully saturated rings. The Kier molecular flexibility index (Phi) is 3.67. The highest BCUT2D eigenvalue weighted by molar-refractivity contribution is 5.48. The number of aromatic nitrogens is 1. The molecule has 0 spiro atoms. The van der Waals surface area contributed by atoms with Gasteiger partial charge in [0.2, 0.25) is 0 Å². The fraction of sp³-hybridized carbons (Fsp3) is 0.214. The molecular weight excluding hydrogens is 228 g/mol. The first-order chi connectivity index (χ1) is 8.72. The number of hydrogen-bond acceptors (Lipinski definition) is 4. The van der Waals surface area contributed by atoms with E-state index in [-0.39, 0.29) is 5.75 Å². The summed E-state index contributed by atoms with van der Waals surface area (Å²) in [5, 5.41) is 13.1. The van der Waals surface area contributed by atoms with Gasteiger partial charge in [-0.3, -0.25) is 0 Å². The Morgan fingerprint density at radius 2 is 2.11 bits per heavy atom. The Labute approximate surface area is 106 Å². The normalized spacial score (nSPS) is 10.1. The number of nitrogens with zero attached hydrogens (tertiary/aromatic N) is 1. The number of benzene rings is 1. The number of phenols is 1. The summed E-state index contributed by atoms with van der Waals surface area (Å²) in [4.78, 5) is 4.24. The molecule has 18 heavy (non-hydrogen) atoms. The summed E-state index contributed by atoms with van der Waals surface area (Å²) < 4.78 is 5.07. The van der Waals surface area contributed by atoms with Gasteiger partial charge in [-0.25, -0.2) is 4.98 Å². The lowest BCUT2D eigenvalue weighted by Crippen LogP contribution is -2.03. The molecule has 2 N–H and O–H groups in total. The number of pyridine rings is 1. The Morgan fingerprint density at radius 3 is 2.83 bits per heavy atom. The topological polar surface area (TPSA) is 54.4 Å². The standard InChI is InChI=1S/C14H16N2O2/c1-10-5-4-8-15-14(10)16-9-11-6-3-7-12(18-2)13(11)17/h3-8,17H,9H2,1-2H3,(H,15,16). The van der Waals surface area contributed by atoms with Gasteiger partial charge >= 0.3 is 0 Å². The number of ether oxygens (including phenoxy) is 1. The molecule has 94 valence electrons. The number of hydrogen-bond donors (Lipinski definition) is 2. The fourth-order valence-corrected chi connectivity index (χ4v) is 1.72. The number of phenolic OH excluding ortho intramolecular Hbond substituents is 1. The molecule has 4 nitrogen and oxygen atoms in total. The lowest BCUT2D eigenvalue weighted by atomic mass is 10.2. The molecule has 0 saturated heterocycles. The molecule has 1 aromatic heterocycles. The van der Waals surface area contributed by atoms with Crippen molar-refractivity contribution in [3.63, 3.8) is 0 Å². The van der Waals surface area contributed by atoms with Gasteiger partial charge in [-0.2, -0.15) is 0 Å². The molecule has 0 unspecified atom stereocenters. The van der Waals surface area contributed by atoms with Crippen LogP contribution in [-0.4, -0.2) is 17.2 Å². The van der Waals surface area contributed by atoms with Crippen LogP contribution in [0.15, 0.2) is 36.5 Å². The van der Waals surface area contributed by atoms with E-state index in [9.17, 15) is 5.11 Å². The molecule has 0 saturated carbocycles. The Bertz CT molecular complexity index is 541. The van der Waals surface area contributed by atoms with Gasteiger partial charge in [-0.1, -0.05) is 18.2 Å². The highest BCUT2D eigenvalue weighted by atomic mass is 16.5. The molecule has 0 aliphatic rings. The second-order valence-corrected chi connectivity index (χ2v) is 3.99. The SMILES string of the molecule is COc1cccc(CNc2ncccc2C)c1O. The van der Waals surface area contributed by atoms with Crippen LogP contribution in [0, 0.1) is 6.92 Å². The third-order valence-corrected chi connectivity index (χ3v) is 2.76. The van der Waals surface area contributed by atoms with Crippen molar-refractivity contribution >= 4 is 5.82 Å². The van der Waals surface area contributed by atoms with Crippen molar-refractivity contribution in [1.29, 1.82) is 0 Å². The van der Waals surface area contributed by atoms with Crippen LogP contribution in [-0.2, 0) is 6.54 Å². The van der Waals surface area contributed by atoms with E-state index in [0.717, 1.165) is 16.9 Å². The molecule has 0 aliphatic carbocycles. The van der Waals surface area contributed by atoms with Crippen molar-refractivity contribution in [1.82, 2.24) is 4.98 Å². The molecule has 4 heteroatoms. The zero-order chi connectivity index (χ0) is 13.0. The lowest BCUT2D eigenvalue weighted by molar-refractivity contribution is 0.371. The molecule has 1 aromatic carbocycles. The van der Waals surface area contributed by atoms with Gasteiger partial charge in [0.25, 0.3) is 0 Å². The highest BCUT2D eigenvalue weighted by Gasteiger charge is 2.07. The van der Waals surface area contributed by atoms with Crippen molar-refractivity contribution in [2.24, 2.45) is 0 Å². The second-order valence-electron chi connectivity index (χ2n) is 3.99. The van der Waals surface area contributed by atoms with E-state index < -0.39 is 0 Å². The number of anilines is 1. The van der Waals surface area contributed by atoms with Crippen LogP contribution in [0.25, 0.3) is 0 Å². The summed E-state index contributed by atoms with van der Waals surface area (Å²) in [5.41, 5.74) is 1.85. The van der Waals surface area contributed by atoms with E-state index >= 15 is 0 Å². The molecule has 2 aromatic rings. The van der Waals surface area contributed by atoms with Crippen LogP contribution in [0.2, 0.25) is 0 Å². The van der Waals surface area contributed by atoms with Crippen molar-refractivity contribution in [3.05, 3.63) is 47.7 Å². The number of nitrogens with one attached hydrogen (secondary N) is 1. The van der Waals surface area contributed by atoms with Crippen LogP contribution in [0.1, 0.15) is 11.1 Å². The molecule has 0 atom stereocenters. The number of aryl methyl sites for hydroxylation is 1. The number of para-hydroxylation sites is 1. The summed E-state index contributed by atoms with van der Waals surface area (Å²) in [6.45, 7) is 2.49. The van der Waals surface area contributed by atoms with Crippen LogP contribution in [0.5, 0.6) is 11.5 Å². The average molecular weight is 244 g/mol. The fourth-order valence-electron chi connectivity index (χ4n) is 1.72. The number of rotatable bonds is 4. The third-order valence-electron chi connectivity index (χ3n) is 2.76. The Balaban J connectivity index is 2.14. The Morgan fingerprint density at radius 1 is 1.28 bits per heavy atom. The smallest absolute Gasteiger partial charge is 0.162 e. The maximum absolute atomic E-state index is 9.95. The molecule has 0 aliphatic heterocycles. The largest absolute Gasteiger partial charge is 0.504 e. The third kappa shape index (κ3) is 2.53. The summed E-state index contributed by atoms with van der Waals surface area (Å²) in [6, 6.07) is 9.30. The van der Waals surface area contributed by atoms with E-state index in [1.54, 1.807) is 12.3 Å². The van der Waals surface area contributed by atoms with Gasteiger partial charge in [0.05, 0.1) is 7.11 Å². The maximum atomic E-state index is 9.95. The highest BCUT2D eigenvalue weighted by Crippen LogP contribution is 2.29. The van der Waals surface area contributed by atoms with Gasteiger partial charge in [-0.15, -0.1) is 0 Å². The minimum atomic E-state index is 0.168. The van der Waals surface area contributed by atoms with E-state index in [1.807, 2.05) is 31.2 Å². The summed E-state index contributed by atoms with van der Waals surface area (Å²) in [6.07, 6.45) is 1.74. The van der Waals surface area contributed by atoms with Gasteiger partial charge < -0.3 is 15.2 Å². The van der Waals surface area contributed by atoms with Gasteiger partial charge in [0.15, 0.2) is 11.5 Å². The average Bonchev–Trinajstić information content (AvgIpc) is 2.39.